The van der Waals surface area contributed by atoms with Crippen LogP contribution in [-0.2, 0) is 27.7 Å². The lowest BCUT2D eigenvalue weighted by molar-refractivity contribution is -0.118. The molecule has 0 radical (unpaired) electrons. The van der Waals surface area contributed by atoms with Gasteiger partial charge in [0.1, 0.15) is 0 Å². The number of carbonyl (C=O) groups excluding carboxylic acids is 1. The van der Waals surface area contributed by atoms with Gasteiger partial charge in [-0.2, -0.15) is 0 Å². The zero-order chi connectivity index (χ0) is 18.7. The molecule has 0 fully saturated rings. The summed E-state index contributed by atoms with van der Waals surface area (Å²) >= 11 is 3.48. The van der Waals surface area contributed by atoms with E-state index < -0.39 is 10.0 Å². The quantitative estimate of drug-likeness (QED) is 0.781. The Labute approximate surface area is 162 Å². The van der Waals surface area contributed by atoms with E-state index in [1.54, 1.807) is 24.3 Å². The molecule has 138 valence electrons. The molecule has 2 aromatic carbocycles. The fourth-order valence-electron chi connectivity index (χ4n) is 3.16. The lowest BCUT2D eigenvalue weighted by Crippen LogP contribution is -2.35. The number of nitrogens with zero attached hydrogens (tertiary/aromatic N) is 1. The minimum atomic E-state index is -3.43. The SMILES string of the molecule is CNS(=O)(=O)c1ccc(CCC(=O)N2CCCc3cc(Br)ccc32)cc1. The van der Waals surface area contributed by atoms with Crippen molar-refractivity contribution in [2.24, 2.45) is 0 Å². The minimum Gasteiger partial charge on any atom is -0.312 e. The Kier molecular flexibility index (Phi) is 5.79. The van der Waals surface area contributed by atoms with Crippen molar-refractivity contribution in [3.05, 3.63) is 58.1 Å². The van der Waals surface area contributed by atoms with Crippen LogP contribution in [0.3, 0.4) is 0 Å². The molecular weight excluding hydrogens is 416 g/mol. The highest BCUT2D eigenvalue weighted by Crippen LogP contribution is 2.30. The molecule has 0 atom stereocenters. The van der Waals surface area contributed by atoms with Crippen LogP contribution in [0.4, 0.5) is 5.69 Å². The van der Waals surface area contributed by atoms with Crippen molar-refractivity contribution in [2.45, 2.75) is 30.6 Å². The van der Waals surface area contributed by atoms with E-state index >= 15 is 0 Å². The number of amides is 1. The van der Waals surface area contributed by atoms with E-state index in [2.05, 4.69) is 26.7 Å². The Morgan fingerprint density at radius 1 is 1.19 bits per heavy atom. The van der Waals surface area contributed by atoms with E-state index in [9.17, 15) is 13.2 Å². The van der Waals surface area contributed by atoms with Crippen LogP contribution in [0.15, 0.2) is 51.8 Å². The van der Waals surface area contributed by atoms with E-state index in [1.165, 1.54) is 12.6 Å². The van der Waals surface area contributed by atoms with Gasteiger partial charge in [0.05, 0.1) is 4.90 Å². The first kappa shape index (κ1) is 19.1. The second-order valence-electron chi connectivity index (χ2n) is 6.27. The molecule has 7 heteroatoms. The van der Waals surface area contributed by atoms with Gasteiger partial charge in [0.25, 0.3) is 0 Å². The lowest BCUT2D eigenvalue weighted by Gasteiger charge is -2.29. The molecule has 1 aliphatic heterocycles. The van der Waals surface area contributed by atoms with Crippen LogP contribution < -0.4 is 9.62 Å². The van der Waals surface area contributed by atoms with Gasteiger partial charge in [0, 0.05) is 23.1 Å². The highest BCUT2D eigenvalue weighted by molar-refractivity contribution is 9.10. The molecule has 1 aliphatic rings. The van der Waals surface area contributed by atoms with Gasteiger partial charge in [-0.25, -0.2) is 13.1 Å². The summed E-state index contributed by atoms with van der Waals surface area (Å²) in [7, 11) is -2.04. The van der Waals surface area contributed by atoms with Crippen LogP contribution in [0.1, 0.15) is 24.0 Å². The maximum Gasteiger partial charge on any atom is 0.240 e. The van der Waals surface area contributed by atoms with Crippen molar-refractivity contribution in [1.29, 1.82) is 0 Å². The summed E-state index contributed by atoms with van der Waals surface area (Å²) in [4.78, 5) is 14.8. The van der Waals surface area contributed by atoms with Crippen molar-refractivity contribution < 1.29 is 13.2 Å². The summed E-state index contributed by atoms with van der Waals surface area (Å²) in [5.41, 5.74) is 3.14. The molecule has 0 unspecified atom stereocenters. The summed E-state index contributed by atoms with van der Waals surface area (Å²) in [5, 5.41) is 0. The number of nitrogens with one attached hydrogen (secondary N) is 1. The molecule has 0 spiro atoms. The standard InChI is InChI=1S/C19H21BrN2O3S/c1-21-26(24,25)17-8-4-14(5-9-17)6-11-19(23)22-12-2-3-15-13-16(20)7-10-18(15)22/h4-5,7-10,13,21H,2-3,6,11-12H2,1H3. The largest absolute Gasteiger partial charge is 0.312 e. The Morgan fingerprint density at radius 3 is 2.62 bits per heavy atom. The molecule has 3 rings (SSSR count). The fourth-order valence-corrected chi connectivity index (χ4v) is 4.30. The lowest BCUT2D eigenvalue weighted by atomic mass is 10.0. The van der Waals surface area contributed by atoms with Crippen molar-refractivity contribution in [1.82, 2.24) is 4.72 Å². The summed E-state index contributed by atoms with van der Waals surface area (Å²) < 4.78 is 26.8. The van der Waals surface area contributed by atoms with E-state index in [1.807, 2.05) is 17.0 Å². The highest BCUT2D eigenvalue weighted by Gasteiger charge is 2.22. The topological polar surface area (TPSA) is 66.5 Å². The second-order valence-corrected chi connectivity index (χ2v) is 9.08. The van der Waals surface area contributed by atoms with E-state index in [4.69, 9.17) is 0 Å². The molecule has 0 saturated heterocycles. The summed E-state index contributed by atoms with van der Waals surface area (Å²) in [5.74, 6) is 0.0974. The molecule has 5 nitrogen and oxygen atoms in total. The number of halogens is 1. The third-order valence-electron chi connectivity index (χ3n) is 4.59. The zero-order valence-corrected chi connectivity index (χ0v) is 16.9. The van der Waals surface area contributed by atoms with Gasteiger partial charge in [-0.05, 0) is 67.8 Å². The molecular formula is C19H21BrN2O3S. The maximum atomic E-state index is 12.7. The number of carbonyl (C=O) groups is 1. The highest BCUT2D eigenvalue weighted by atomic mass is 79.9. The Morgan fingerprint density at radius 2 is 1.92 bits per heavy atom. The third kappa shape index (κ3) is 4.16. The average molecular weight is 437 g/mol. The molecule has 0 aromatic heterocycles. The first-order valence-electron chi connectivity index (χ1n) is 8.52. The van der Waals surface area contributed by atoms with Crippen LogP contribution in [0.2, 0.25) is 0 Å². The molecule has 0 saturated carbocycles. The molecule has 1 N–H and O–H groups in total. The summed E-state index contributed by atoms with van der Waals surface area (Å²) in [6.07, 6.45) is 2.93. The Hall–Kier alpha value is -1.70. The van der Waals surface area contributed by atoms with Gasteiger partial charge in [0.2, 0.25) is 15.9 Å². The van der Waals surface area contributed by atoms with Crippen molar-refractivity contribution >= 4 is 37.5 Å². The Balaban J connectivity index is 1.67. The van der Waals surface area contributed by atoms with Gasteiger partial charge in [0.15, 0.2) is 0 Å². The normalized spacial score (nSPS) is 14.2. The number of sulfonamides is 1. The second kappa shape index (κ2) is 7.90. The average Bonchev–Trinajstić information content (AvgIpc) is 2.65. The summed E-state index contributed by atoms with van der Waals surface area (Å²) in [6.45, 7) is 0.743. The molecule has 26 heavy (non-hydrogen) atoms. The van der Waals surface area contributed by atoms with Crippen molar-refractivity contribution in [3.8, 4) is 0 Å². The minimum absolute atomic E-state index is 0.0974. The Bertz CT molecular complexity index is 911. The molecule has 0 aliphatic carbocycles. The van der Waals surface area contributed by atoms with E-state index in [-0.39, 0.29) is 10.8 Å². The van der Waals surface area contributed by atoms with Gasteiger partial charge in [-0.3, -0.25) is 4.79 Å². The van der Waals surface area contributed by atoms with Gasteiger partial charge < -0.3 is 4.90 Å². The van der Waals surface area contributed by atoms with Crippen molar-refractivity contribution in [3.63, 3.8) is 0 Å². The summed E-state index contributed by atoms with van der Waals surface area (Å²) in [6, 6.07) is 12.7. The predicted molar refractivity (Wildman–Crippen MR) is 106 cm³/mol. The smallest absolute Gasteiger partial charge is 0.240 e. The number of anilines is 1. The van der Waals surface area contributed by atoms with Crippen LogP contribution in [0.25, 0.3) is 0 Å². The molecule has 1 heterocycles. The van der Waals surface area contributed by atoms with E-state index in [0.29, 0.717) is 12.8 Å². The fraction of sp³-hybridized carbons (Fsp3) is 0.316. The first-order valence-corrected chi connectivity index (χ1v) is 10.8. The van der Waals surface area contributed by atoms with Crippen LogP contribution in [0, 0.1) is 0 Å². The predicted octanol–water partition coefficient (Wildman–Crippen LogP) is 3.27. The van der Waals surface area contributed by atoms with E-state index in [0.717, 1.165) is 35.1 Å². The van der Waals surface area contributed by atoms with Crippen LogP contribution in [0.5, 0.6) is 0 Å². The van der Waals surface area contributed by atoms with Gasteiger partial charge in [-0.1, -0.05) is 28.1 Å². The van der Waals surface area contributed by atoms with Crippen LogP contribution >= 0.6 is 15.9 Å². The first-order chi connectivity index (χ1) is 12.4. The number of fused-ring (bicyclic) bond motifs is 1. The van der Waals surface area contributed by atoms with Crippen LogP contribution in [-0.4, -0.2) is 27.9 Å². The molecule has 0 bridgehead atoms. The number of aryl methyl sites for hydroxylation is 2. The number of hydrogen-bond acceptors (Lipinski definition) is 3. The van der Waals surface area contributed by atoms with Gasteiger partial charge in [-0.15, -0.1) is 0 Å². The van der Waals surface area contributed by atoms with Crippen molar-refractivity contribution in [2.75, 3.05) is 18.5 Å². The number of hydrogen-bond donors (Lipinski definition) is 1. The molecule has 1 amide bonds. The number of rotatable bonds is 5. The third-order valence-corrected chi connectivity index (χ3v) is 6.51. The number of benzene rings is 2. The van der Waals surface area contributed by atoms with Gasteiger partial charge >= 0.3 is 0 Å². The zero-order valence-electron chi connectivity index (χ0n) is 14.5. The monoisotopic (exact) mass is 436 g/mol. The molecule has 2 aromatic rings. The maximum absolute atomic E-state index is 12.7.